The van der Waals surface area contributed by atoms with E-state index in [1.54, 1.807) is 0 Å². The fourth-order valence-corrected chi connectivity index (χ4v) is 1.89. The Balaban J connectivity index is 0. The fourth-order valence-electron chi connectivity index (χ4n) is 1.89. The zero-order chi connectivity index (χ0) is 12.6. The van der Waals surface area contributed by atoms with E-state index in [0.29, 0.717) is 6.54 Å². The lowest BCUT2D eigenvalue weighted by atomic mass is 10.1. The molecule has 0 aliphatic rings. The largest absolute Gasteiger partial charge is 0.355 e. The van der Waals surface area contributed by atoms with Crippen LogP contribution >= 0.6 is 0 Å². The molecule has 0 spiro atoms. The third kappa shape index (κ3) is 15.2. The standard InChI is InChI=1S/C15H29NO.H2/c1-2-3-4-5-6-7-8-9-10-11-12-13-14-16-15-17;/h12-13,15H,2-11,14H2,1H3,(H,16,17);1H/b13-12+;. The minimum absolute atomic E-state index is 0. The highest BCUT2D eigenvalue weighted by molar-refractivity contribution is 5.46. The second-order valence-electron chi connectivity index (χ2n) is 4.61. The van der Waals surface area contributed by atoms with Crippen molar-refractivity contribution in [2.24, 2.45) is 0 Å². The molecule has 1 N–H and O–H groups in total. The summed E-state index contributed by atoms with van der Waals surface area (Å²) >= 11 is 0. The molecule has 1 amide bonds. The Hall–Kier alpha value is -0.790. The second kappa shape index (κ2) is 15.2. The number of amides is 1. The Morgan fingerprint density at radius 2 is 1.47 bits per heavy atom. The zero-order valence-corrected chi connectivity index (χ0v) is 11.4. The van der Waals surface area contributed by atoms with Crippen LogP contribution in [0.5, 0.6) is 0 Å². The SMILES string of the molecule is CCCCCCCCCCC/C=C/CNC=O.[HH]. The zero-order valence-electron chi connectivity index (χ0n) is 11.4. The number of hydrogen-bond acceptors (Lipinski definition) is 1. The van der Waals surface area contributed by atoms with E-state index in [9.17, 15) is 4.79 Å². The lowest BCUT2D eigenvalue weighted by Gasteiger charge is -2.00. The van der Waals surface area contributed by atoms with Crippen LogP contribution in [-0.4, -0.2) is 13.0 Å². The maximum atomic E-state index is 9.96. The first kappa shape index (κ1) is 16.2. The number of unbranched alkanes of at least 4 members (excludes halogenated alkanes) is 9. The normalized spacial score (nSPS) is 10.9. The van der Waals surface area contributed by atoms with Gasteiger partial charge in [0.15, 0.2) is 0 Å². The highest BCUT2D eigenvalue weighted by atomic mass is 16.1. The van der Waals surface area contributed by atoms with E-state index in [2.05, 4.69) is 18.3 Å². The maximum Gasteiger partial charge on any atom is 0.207 e. The van der Waals surface area contributed by atoms with Gasteiger partial charge in [-0.25, -0.2) is 0 Å². The van der Waals surface area contributed by atoms with Gasteiger partial charge in [0.25, 0.3) is 0 Å². The van der Waals surface area contributed by atoms with E-state index in [-0.39, 0.29) is 1.43 Å². The molecule has 0 bridgehead atoms. The van der Waals surface area contributed by atoms with Crippen LogP contribution in [0.15, 0.2) is 12.2 Å². The predicted octanol–water partition coefficient (Wildman–Crippen LogP) is 4.46. The monoisotopic (exact) mass is 241 g/mol. The summed E-state index contributed by atoms with van der Waals surface area (Å²) < 4.78 is 0. The van der Waals surface area contributed by atoms with Crippen LogP contribution in [0.2, 0.25) is 0 Å². The Morgan fingerprint density at radius 1 is 0.882 bits per heavy atom. The van der Waals surface area contributed by atoms with Crippen molar-refractivity contribution in [2.45, 2.75) is 71.1 Å². The molecule has 0 fully saturated rings. The highest BCUT2D eigenvalue weighted by Gasteiger charge is 1.90. The van der Waals surface area contributed by atoms with Gasteiger partial charge in [0.2, 0.25) is 6.41 Å². The highest BCUT2D eigenvalue weighted by Crippen LogP contribution is 2.10. The summed E-state index contributed by atoms with van der Waals surface area (Å²) in [4.78, 5) is 9.96. The number of carbonyl (C=O) groups excluding carboxylic acids is 1. The van der Waals surface area contributed by atoms with Crippen LogP contribution in [0.1, 0.15) is 72.6 Å². The van der Waals surface area contributed by atoms with Crippen molar-refractivity contribution in [1.82, 2.24) is 5.32 Å². The van der Waals surface area contributed by atoms with E-state index < -0.39 is 0 Å². The molecule has 0 aromatic carbocycles. The van der Waals surface area contributed by atoms with Crippen molar-refractivity contribution in [3.8, 4) is 0 Å². The van der Waals surface area contributed by atoms with E-state index in [0.717, 1.165) is 12.8 Å². The molecule has 0 radical (unpaired) electrons. The van der Waals surface area contributed by atoms with Crippen molar-refractivity contribution >= 4 is 6.41 Å². The summed E-state index contributed by atoms with van der Waals surface area (Å²) in [7, 11) is 0. The number of carbonyl (C=O) groups is 1. The first-order chi connectivity index (χ1) is 8.41. The van der Waals surface area contributed by atoms with E-state index in [1.807, 2.05) is 6.08 Å². The van der Waals surface area contributed by atoms with Gasteiger partial charge in [-0.05, 0) is 12.8 Å². The third-order valence-electron chi connectivity index (χ3n) is 2.96. The van der Waals surface area contributed by atoms with Gasteiger partial charge >= 0.3 is 0 Å². The number of rotatable bonds is 13. The lowest BCUT2D eigenvalue weighted by molar-refractivity contribution is -0.109. The van der Waals surface area contributed by atoms with Crippen LogP contribution in [0.3, 0.4) is 0 Å². The first-order valence-corrected chi connectivity index (χ1v) is 7.23. The molecule has 2 heteroatoms. The predicted molar refractivity (Wildman–Crippen MR) is 77.2 cm³/mol. The molecule has 0 heterocycles. The molecule has 0 aromatic rings. The van der Waals surface area contributed by atoms with Gasteiger partial charge in [-0.1, -0.05) is 70.4 Å². The van der Waals surface area contributed by atoms with Crippen molar-refractivity contribution < 1.29 is 6.22 Å². The Bertz CT molecular complexity index is 183. The van der Waals surface area contributed by atoms with Crippen LogP contribution in [0.25, 0.3) is 0 Å². The molecule has 102 valence electrons. The molecule has 2 nitrogen and oxygen atoms in total. The second-order valence-corrected chi connectivity index (χ2v) is 4.61. The fraction of sp³-hybridized carbons (Fsp3) is 0.800. The number of allylic oxidation sites excluding steroid dienone is 1. The van der Waals surface area contributed by atoms with Gasteiger partial charge in [-0.3, -0.25) is 4.79 Å². The molecule has 0 rings (SSSR count). The van der Waals surface area contributed by atoms with Crippen LogP contribution in [0, 0.1) is 0 Å². The molecule has 0 aliphatic heterocycles. The van der Waals surface area contributed by atoms with Gasteiger partial charge in [0, 0.05) is 7.97 Å². The molecule has 0 atom stereocenters. The molecular weight excluding hydrogens is 210 g/mol. The molecule has 0 saturated heterocycles. The van der Waals surface area contributed by atoms with Crippen molar-refractivity contribution in [1.29, 1.82) is 0 Å². The van der Waals surface area contributed by atoms with Crippen LogP contribution in [-0.2, 0) is 4.79 Å². The van der Waals surface area contributed by atoms with E-state index in [1.165, 1.54) is 57.8 Å². The Morgan fingerprint density at radius 3 is 2.06 bits per heavy atom. The summed E-state index contributed by atoms with van der Waals surface area (Å²) in [6.07, 6.45) is 18.5. The van der Waals surface area contributed by atoms with Gasteiger partial charge in [0.1, 0.15) is 0 Å². The van der Waals surface area contributed by atoms with Gasteiger partial charge < -0.3 is 5.32 Å². The van der Waals surface area contributed by atoms with Crippen LogP contribution < -0.4 is 5.32 Å². The average molecular weight is 241 g/mol. The van der Waals surface area contributed by atoms with Gasteiger partial charge in [0.05, 0.1) is 0 Å². The van der Waals surface area contributed by atoms with E-state index >= 15 is 0 Å². The third-order valence-corrected chi connectivity index (χ3v) is 2.96. The number of hydrogen-bond donors (Lipinski definition) is 1. The lowest BCUT2D eigenvalue weighted by Crippen LogP contribution is -2.09. The summed E-state index contributed by atoms with van der Waals surface area (Å²) in [5, 5.41) is 2.62. The van der Waals surface area contributed by atoms with Crippen molar-refractivity contribution in [2.75, 3.05) is 6.54 Å². The minimum Gasteiger partial charge on any atom is -0.355 e. The molecule has 17 heavy (non-hydrogen) atoms. The summed E-state index contributed by atoms with van der Waals surface area (Å²) in [5.41, 5.74) is 0. The molecule has 0 aromatic heterocycles. The Kier molecular flexibility index (Phi) is 14.5. The molecule has 0 aliphatic carbocycles. The topological polar surface area (TPSA) is 29.1 Å². The van der Waals surface area contributed by atoms with Crippen molar-refractivity contribution in [3.63, 3.8) is 0 Å². The van der Waals surface area contributed by atoms with Crippen LogP contribution in [0.4, 0.5) is 0 Å². The molecule has 0 saturated carbocycles. The van der Waals surface area contributed by atoms with Gasteiger partial charge in [-0.15, -0.1) is 0 Å². The average Bonchev–Trinajstić information content (AvgIpc) is 2.35. The molecule has 0 unspecified atom stereocenters. The summed E-state index contributed by atoms with van der Waals surface area (Å²) in [5.74, 6) is 0. The maximum absolute atomic E-state index is 9.96. The summed E-state index contributed by atoms with van der Waals surface area (Å²) in [6.45, 7) is 2.93. The number of nitrogens with one attached hydrogen (secondary N) is 1. The van der Waals surface area contributed by atoms with Crippen molar-refractivity contribution in [3.05, 3.63) is 12.2 Å². The minimum atomic E-state index is 0. The van der Waals surface area contributed by atoms with E-state index in [4.69, 9.17) is 0 Å². The van der Waals surface area contributed by atoms with Gasteiger partial charge in [-0.2, -0.15) is 0 Å². The molecular formula is C15H31NO. The summed E-state index contributed by atoms with van der Waals surface area (Å²) in [6, 6.07) is 0. The first-order valence-electron chi connectivity index (χ1n) is 7.23. The Labute approximate surface area is 108 Å². The smallest absolute Gasteiger partial charge is 0.207 e. The quantitative estimate of drug-likeness (QED) is 0.288.